The summed E-state index contributed by atoms with van der Waals surface area (Å²) in [6, 6.07) is 6.93. The molecule has 1 N–H and O–H groups in total. The molecule has 1 aliphatic rings. The van der Waals surface area contributed by atoms with Crippen molar-refractivity contribution in [2.45, 2.75) is 45.1 Å². The van der Waals surface area contributed by atoms with Gasteiger partial charge in [-0.15, -0.1) is 0 Å². The maximum atomic E-state index is 12.1. The minimum absolute atomic E-state index is 0.124. The molecule has 1 atom stereocenters. The lowest BCUT2D eigenvalue weighted by Crippen LogP contribution is -2.39. The van der Waals surface area contributed by atoms with Crippen LogP contribution >= 0.6 is 0 Å². The average molecular weight is 289 g/mol. The molecule has 1 fully saturated rings. The SMILES string of the molecule is C[C@@H](Oc1ccccc1C=O)C(=O)NCC1CCCCC1. The molecule has 0 saturated heterocycles. The number of ether oxygens (including phenoxy) is 1. The lowest BCUT2D eigenvalue weighted by Gasteiger charge is -2.23. The van der Waals surface area contributed by atoms with Crippen LogP contribution in [0.4, 0.5) is 0 Å². The smallest absolute Gasteiger partial charge is 0.260 e. The highest BCUT2D eigenvalue weighted by molar-refractivity contribution is 5.82. The Morgan fingerprint density at radius 1 is 1.33 bits per heavy atom. The molecule has 4 heteroatoms. The van der Waals surface area contributed by atoms with Crippen LogP contribution < -0.4 is 10.1 Å². The van der Waals surface area contributed by atoms with Gasteiger partial charge in [0.2, 0.25) is 0 Å². The first kappa shape index (κ1) is 15.5. The van der Waals surface area contributed by atoms with E-state index in [1.165, 1.54) is 32.1 Å². The van der Waals surface area contributed by atoms with Crippen LogP contribution in [0, 0.1) is 5.92 Å². The minimum atomic E-state index is -0.602. The molecule has 1 aromatic carbocycles. The van der Waals surface area contributed by atoms with Gasteiger partial charge in [-0.25, -0.2) is 0 Å². The van der Waals surface area contributed by atoms with Crippen LogP contribution in [0.25, 0.3) is 0 Å². The zero-order chi connectivity index (χ0) is 15.1. The van der Waals surface area contributed by atoms with Crippen LogP contribution in [0.15, 0.2) is 24.3 Å². The molecule has 0 spiro atoms. The Balaban J connectivity index is 1.83. The summed E-state index contributed by atoms with van der Waals surface area (Å²) >= 11 is 0. The van der Waals surface area contributed by atoms with Gasteiger partial charge in [0.15, 0.2) is 12.4 Å². The maximum Gasteiger partial charge on any atom is 0.260 e. The van der Waals surface area contributed by atoms with Crippen molar-refractivity contribution in [3.05, 3.63) is 29.8 Å². The number of carbonyl (C=O) groups is 2. The topological polar surface area (TPSA) is 55.4 Å². The molecule has 0 aliphatic heterocycles. The van der Waals surface area contributed by atoms with E-state index in [1.54, 1.807) is 31.2 Å². The van der Waals surface area contributed by atoms with E-state index in [4.69, 9.17) is 4.74 Å². The zero-order valence-electron chi connectivity index (χ0n) is 12.5. The van der Waals surface area contributed by atoms with E-state index in [9.17, 15) is 9.59 Å². The van der Waals surface area contributed by atoms with Crippen molar-refractivity contribution in [2.24, 2.45) is 5.92 Å². The summed E-state index contributed by atoms with van der Waals surface area (Å²) in [5.41, 5.74) is 0.462. The predicted octanol–water partition coefficient (Wildman–Crippen LogP) is 2.96. The summed E-state index contributed by atoms with van der Waals surface area (Å²) < 4.78 is 5.59. The summed E-state index contributed by atoms with van der Waals surface area (Å²) in [5, 5.41) is 2.96. The van der Waals surface area contributed by atoms with Crippen molar-refractivity contribution >= 4 is 12.2 Å². The molecular formula is C17H23NO3. The van der Waals surface area contributed by atoms with E-state index in [2.05, 4.69) is 5.32 Å². The fourth-order valence-corrected chi connectivity index (χ4v) is 2.71. The number of nitrogens with one attached hydrogen (secondary N) is 1. The van der Waals surface area contributed by atoms with Crippen LogP contribution in [0.2, 0.25) is 0 Å². The molecule has 0 aromatic heterocycles. The predicted molar refractivity (Wildman–Crippen MR) is 81.5 cm³/mol. The van der Waals surface area contributed by atoms with Gasteiger partial charge in [-0.2, -0.15) is 0 Å². The molecule has 1 aromatic rings. The minimum Gasteiger partial charge on any atom is -0.480 e. The van der Waals surface area contributed by atoms with E-state index in [0.29, 0.717) is 17.2 Å². The van der Waals surface area contributed by atoms with Gasteiger partial charge in [-0.1, -0.05) is 31.4 Å². The second kappa shape index (κ2) is 7.81. The van der Waals surface area contributed by atoms with Gasteiger partial charge in [-0.3, -0.25) is 9.59 Å². The third kappa shape index (κ3) is 4.59. The standard InChI is InChI=1S/C17H23NO3/c1-13(21-16-10-6-5-9-15(16)12-19)17(20)18-11-14-7-3-2-4-8-14/h5-6,9-10,12-14H,2-4,7-8,11H2,1H3,(H,18,20)/t13-/m1/s1. The van der Waals surface area contributed by atoms with E-state index in [-0.39, 0.29) is 5.91 Å². The number of hydrogen-bond acceptors (Lipinski definition) is 3. The van der Waals surface area contributed by atoms with Crippen LogP contribution in [0.5, 0.6) is 5.75 Å². The largest absolute Gasteiger partial charge is 0.480 e. The van der Waals surface area contributed by atoms with Crippen molar-refractivity contribution in [1.29, 1.82) is 0 Å². The third-order valence-corrected chi connectivity index (χ3v) is 4.01. The van der Waals surface area contributed by atoms with Gasteiger partial charge in [0, 0.05) is 6.54 Å². The second-order valence-electron chi connectivity index (χ2n) is 5.66. The number of carbonyl (C=O) groups excluding carboxylic acids is 2. The van der Waals surface area contributed by atoms with E-state index in [1.807, 2.05) is 0 Å². The molecular weight excluding hydrogens is 266 g/mol. The summed E-state index contributed by atoms with van der Waals surface area (Å²) in [6.07, 6.45) is 6.37. The highest BCUT2D eigenvalue weighted by atomic mass is 16.5. The van der Waals surface area contributed by atoms with Crippen LogP contribution in [0.1, 0.15) is 49.4 Å². The summed E-state index contributed by atoms with van der Waals surface area (Å²) in [6.45, 7) is 2.43. The molecule has 1 saturated carbocycles. The Hall–Kier alpha value is -1.84. The van der Waals surface area contributed by atoms with Crippen molar-refractivity contribution in [3.8, 4) is 5.75 Å². The highest BCUT2D eigenvalue weighted by Gasteiger charge is 2.19. The quantitative estimate of drug-likeness (QED) is 0.819. The average Bonchev–Trinajstić information content (AvgIpc) is 2.54. The van der Waals surface area contributed by atoms with E-state index < -0.39 is 6.10 Å². The monoisotopic (exact) mass is 289 g/mol. The Morgan fingerprint density at radius 2 is 2.05 bits per heavy atom. The van der Waals surface area contributed by atoms with Crippen molar-refractivity contribution in [1.82, 2.24) is 5.32 Å². The van der Waals surface area contributed by atoms with Gasteiger partial charge in [-0.05, 0) is 37.8 Å². The van der Waals surface area contributed by atoms with E-state index in [0.717, 1.165) is 12.8 Å². The Kier molecular flexibility index (Phi) is 5.78. The molecule has 21 heavy (non-hydrogen) atoms. The molecule has 1 amide bonds. The molecule has 4 nitrogen and oxygen atoms in total. The first-order valence-electron chi connectivity index (χ1n) is 7.69. The van der Waals surface area contributed by atoms with Gasteiger partial charge < -0.3 is 10.1 Å². The van der Waals surface area contributed by atoms with Gasteiger partial charge >= 0.3 is 0 Å². The van der Waals surface area contributed by atoms with Crippen LogP contribution in [-0.4, -0.2) is 24.8 Å². The zero-order valence-corrected chi connectivity index (χ0v) is 12.5. The first-order chi connectivity index (χ1) is 10.2. The fraction of sp³-hybridized carbons (Fsp3) is 0.529. The van der Waals surface area contributed by atoms with Gasteiger partial charge in [0.25, 0.3) is 5.91 Å². The normalized spacial score (nSPS) is 17.0. The number of amides is 1. The lowest BCUT2D eigenvalue weighted by molar-refractivity contribution is -0.127. The molecule has 0 heterocycles. The number of aldehydes is 1. The molecule has 0 bridgehead atoms. The van der Waals surface area contributed by atoms with E-state index >= 15 is 0 Å². The Bertz CT molecular complexity index is 481. The summed E-state index contributed by atoms with van der Waals surface area (Å²) in [5.74, 6) is 0.922. The number of para-hydroxylation sites is 1. The maximum absolute atomic E-state index is 12.1. The van der Waals surface area contributed by atoms with Gasteiger partial charge in [0.05, 0.1) is 5.56 Å². The highest BCUT2D eigenvalue weighted by Crippen LogP contribution is 2.23. The van der Waals surface area contributed by atoms with Crippen molar-refractivity contribution < 1.29 is 14.3 Å². The second-order valence-corrected chi connectivity index (χ2v) is 5.66. The molecule has 2 rings (SSSR count). The number of hydrogen-bond donors (Lipinski definition) is 1. The molecule has 0 unspecified atom stereocenters. The van der Waals surface area contributed by atoms with Crippen LogP contribution in [0.3, 0.4) is 0 Å². The summed E-state index contributed by atoms with van der Waals surface area (Å²) in [7, 11) is 0. The number of rotatable bonds is 6. The molecule has 114 valence electrons. The Morgan fingerprint density at radius 3 is 2.76 bits per heavy atom. The van der Waals surface area contributed by atoms with Gasteiger partial charge in [0.1, 0.15) is 5.75 Å². The first-order valence-corrected chi connectivity index (χ1v) is 7.69. The summed E-state index contributed by atoms with van der Waals surface area (Å²) in [4.78, 5) is 23.0. The van der Waals surface area contributed by atoms with Crippen molar-refractivity contribution in [2.75, 3.05) is 6.54 Å². The third-order valence-electron chi connectivity index (χ3n) is 4.01. The fourth-order valence-electron chi connectivity index (χ4n) is 2.71. The van der Waals surface area contributed by atoms with Crippen molar-refractivity contribution in [3.63, 3.8) is 0 Å². The number of benzene rings is 1. The lowest BCUT2D eigenvalue weighted by atomic mass is 9.89. The van der Waals surface area contributed by atoms with Crippen LogP contribution in [-0.2, 0) is 4.79 Å². The Labute approximate surface area is 125 Å². The molecule has 0 radical (unpaired) electrons. The molecule has 1 aliphatic carbocycles.